The fourth-order valence-electron chi connectivity index (χ4n) is 1.82. The number of aromatic nitrogens is 1. The number of rotatable bonds is 5. The van der Waals surface area contributed by atoms with Crippen LogP contribution in [0, 0.1) is 0 Å². The average molecular weight is 350 g/mol. The van der Waals surface area contributed by atoms with Gasteiger partial charge in [0.05, 0.1) is 12.1 Å². The molecule has 0 bridgehead atoms. The molecular formula is C16H16BrNOS. The minimum atomic E-state index is 0.0357. The van der Waals surface area contributed by atoms with Crippen LogP contribution in [-0.4, -0.2) is 9.08 Å². The van der Waals surface area contributed by atoms with E-state index < -0.39 is 0 Å². The van der Waals surface area contributed by atoms with Gasteiger partial charge in [0.1, 0.15) is 0 Å². The maximum Gasteiger partial charge on any atom is 0.0693 e. The van der Waals surface area contributed by atoms with Crippen LogP contribution < -0.4 is 0 Å². The second-order valence-corrected chi connectivity index (χ2v) is 6.09. The van der Waals surface area contributed by atoms with Crippen LogP contribution in [-0.2, 0) is 6.61 Å². The van der Waals surface area contributed by atoms with Crippen LogP contribution in [0.3, 0.4) is 0 Å². The van der Waals surface area contributed by atoms with E-state index in [9.17, 15) is 5.11 Å². The molecule has 104 valence electrons. The van der Waals surface area contributed by atoms with Gasteiger partial charge in [0, 0.05) is 21.0 Å². The topological polar surface area (TPSA) is 25.2 Å². The summed E-state index contributed by atoms with van der Waals surface area (Å²) in [5.74, 6) is 0. The Morgan fingerprint density at radius 2 is 2.30 bits per heavy atom. The zero-order valence-corrected chi connectivity index (χ0v) is 13.6. The van der Waals surface area contributed by atoms with E-state index in [1.54, 1.807) is 11.9 Å². The van der Waals surface area contributed by atoms with E-state index in [-0.39, 0.29) is 6.61 Å². The molecule has 1 aromatic carbocycles. The molecule has 1 aromatic heterocycles. The van der Waals surface area contributed by atoms with Gasteiger partial charge in [0.2, 0.25) is 0 Å². The maximum absolute atomic E-state index is 9.29. The SMILES string of the molecule is C=C/C(=C\C=C/C)Sn1ccc2cc(CO)c(Br)cc21. The van der Waals surface area contributed by atoms with E-state index in [1.165, 1.54) is 0 Å². The van der Waals surface area contributed by atoms with Crippen molar-refractivity contribution in [2.75, 3.05) is 0 Å². The van der Waals surface area contributed by atoms with Crippen molar-refractivity contribution in [3.63, 3.8) is 0 Å². The summed E-state index contributed by atoms with van der Waals surface area (Å²) in [4.78, 5) is 1.07. The number of halogens is 1. The average Bonchev–Trinajstić information content (AvgIpc) is 2.84. The predicted molar refractivity (Wildman–Crippen MR) is 91.6 cm³/mol. The molecule has 0 spiro atoms. The zero-order valence-electron chi connectivity index (χ0n) is 11.2. The number of aliphatic hydroxyl groups is 1. The molecule has 0 aliphatic rings. The third-order valence-corrected chi connectivity index (χ3v) is 4.62. The molecule has 2 nitrogen and oxygen atoms in total. The van der Waals surface area contributed by atoms with Crippen molar-refractivity contribution in [3.05, 3.63) is 70.2 Å². The van der Waals surface area contributed by atoms with Crippen molar-refractivity contribution in [3.8, 4) is 0 Å². The number of hydrogen-bond acceptors (Lipinski definition) is 2. The molecule has 0 fully saturated rings. The Morgan fingerprint density at radius 3 is 2.95 bits per heavy atom. The van der Waals surface area contributed by atoms with Crippen LogP contribution in [0.5, 0.6) is 0 Å². The van der Waals surface area contributed by atoms with Crippen LogP contribution in [0.4, 0.5) is 0 Å². The van der Waals surface area contributed by atoms with Crippen molar-refractivity contribution in [2.24, 2.45) is 0 Å². The fourth-order valence-corrected chi connectivity index (χ4v) is 3.10. The Hall–Kier alpha value is -1.23. The minimum Gasteiger partial charge on any atom is -0.392 e. The van der Waals surface area contributed by atoms with E-state index in [0.717, 1.165) is 25.8 Å². The van der Waals surface area contributed by atoms with E-state index in [2.05, 4.69) is 26.5 Å². The van der Waals surface area contributed by atoms with Crippen molar-refractivity contribution in [1.29, 1.82) is 0 Å². The molecule has 2 aromatic rings. The van der Waals surface area contributed by atoms with Gasteiger partial charge in [-0.25, -0.2) is 0 Å². The molecule has 0 saturated carbocycles. The highest BCUT2D eigenvalue weighted by Crippen LogP contribution is 2.30. The molecule has 0 aliphatic carbocycles. The van der Waals surface area contributed by atoms with Gasteiger partial charge < -0.3 is 5.11 Å². The smallest absolute Gasteiger partial charge is 0.0693 e. The monoisotopic (exact) mass is 349 g/mol. The summed E-state index contributed by atoms with van der Waals surface area (Å²) in [6.45, 7) is 5.86. The number of allylic oxidation sites excluding steroid dienone is 4. The first-order valence-corrected chi connectivity index (χ1v) is 7.80. The highest BCUT2D eigenvalue weighted by molar-refractivity contribution is 9.10. The highest BCUT2D eigenvalue weighted by Gasteiger charge is 2.07. The lowest BCUT2D eigenvalue weighted by Gasteiger charge is -2.07. The lowest BCUT2D eigenvalue weighted by Crippen LogP contribution is -1.88. The summed E-state index contributed by atoms with van der Waals surface area (Å²) in [6.07, 6.45) is 9.88. The van der Waals surface area contributed by atoms with Gasteiger partial charge in [-0.2, -0.15) is 0 Å². The van der Waals surface area contributed by atoms with Gasteiger partial charge in [0.25, 0.3) is 0 Å². The van der Waals surface area contributed by atoms with Gasteiger partial charge in [-0.3, -0.25) is 3.97 Å². The molecule has 4 heteroatoms. The molecule has 0 amide bonds. The van der Waals surface area contributed by atoms with E-state index in [4.69, 9.17) is 0 Å². The quantitative estimate of drug-likeness (QED) is 0.765. The fraction of sp³-hybridized carbons (Fsp3) is 0.125. The van der Waals surface area contributed by atoms with Gasteiger partial charge in [-0.1, -0.05) is 40.7 Å². The van der Waals surface area contributed by atoms with E-state index in [0.29, 0.717) is 0 Å². The van der Waals surface area contributed by atoms with Crippen molar-refractivity contribution < 1.29 is 5.11 Å². The molecule has 20 heavy (non-hydrogen) atoms. The first-order valence-electron chi connectivity index (χ1n) is 6.23. The third-order valence-electron chi connectivity index (χ3n) is 2.85. The molecular weight excluding hydrogens is 334 g/mol. The van der Waals surface area contributed by atoms with Gasteiger partial charge >= 0.3 is 0 Å². The molecule has 0 aliphatic heterocycles. The predicted octanol–water partition coefficient (Wildman–Crippen LogP) is 5.04. The van der Waals surface area contributed by atoms with Crippen molar-refractivity contribution >= 4 is 38.8 Å². The molecule has 1 heterocycles. The van der Waals surface area contributed by atoms with Crippen molar-refractivity contribution in [2.45, 2.75) is 13.5 Å². The van der Waals surface area contributed by atoms with Gasteiger partial charge in [-0.15, -0.1) is 0 Å². The number of benzene rings is 1. The van der Waals surface area contributed by atoms with Crippen LogP contribution in [0.2, 0.25) is 0 Å². The van der Waals surface area contributed by atoms with Gasteiger partial charge in [0.15, 0.2) is 0 Å². The summed E-state index contributed by atoms with van der Waals surface area (Å²) in [7, 11) is 0. The Bertz CT molecular complexity index is 685. The summed E-state index contributed by atoms with van der Waals surface area (Å²) >= 11 is 5.11. The summed E-state index contributed by atoms with van der Waals surface area (Å²) in [6, 6.07) is 6.08. The van der Waals surface area contributed by atoms with Crippen molar-refractivity contribution in [1.82, 2.24) is 3.97 Å². The molecule has 2 rings (SSSR count). The molecule has 0 radical (unpaired) electrons. The molecule has 1 N–H and O–H groups in total. The summed E-state index contributed by atoms with van der Waals surface area (Å²) in [5, 5.41) is 10.4. The lowest BCUT2D eigenvalue weighted by atomic mass is 10.2. The number of fused-ring (bicyclic) bond motifs is 1. The highest BCUT2D eigenvalue weighted by atomic mass is 79.9. The van der Waals surface area contributed by atoms with Crippen LogP contribution >= 0.6 is 27.9 Å². The maximum atomic E-state index is 9.29. The number of nitrogens with zero attached hydrogens (tertiary/aromatic N) is 1. The molecule has 0 atom stereocenters. The largest absolute Gasteiger partial charge is 0.392 e. The molecule has 0 saturated heterocycles. The number of aliphatic hydroxyl groups excluding tert-OH is 1. The Balaban J connectivity index is 2.40. The van der Waals surface area contributed by atoms with Crippen LogP contribution in [0.25, 0.3) is 10.9 Å². The zero-order chi connectivity index (χ0) is 14.5. The van der Waals surface area contributed by atoms with E-state index in [1.807, 2.05) is 55.6 Å². The Morgan fingerprint density at radius 1 is 1.50 bits per heavy atom. The summed E-state index contributed by atoms with van der Waals surface area (Å²) < 4.78 is 3.02. The first kappa shape index (κ1) is 15.2. The first-order chi connectivity index (χ1) is 9.69. The second-order valence-electron chi connectivity index (χ2n) is 4.19. The molecule has 0 unspecified atom stereocenters. The number of hydrogen-bond donors (Lipinski definition) is 1. The second kappa shape index (κ2) is 6.97. The lowest BCUT2D eigenvalue weighted by molar-refractivity contribution is 0.281. The van der Waals surface area contributed by atoms with Gasteiger partial charge in [-0.05, 0) is 48.7 Å². The normalized spacial score (nSPS) is 12.4. The minimum absolute atomic E-state index is 0.0357. The Kier molecular flexibility index (Phi) is 5.29. The van der Waals surface area contributed by atoms with E-state index >= 15 is 0 Å². The van der Waals surface area contributed by atoms with Crippen LogP contribution in [0.15, 0.2) is 64.7 Å². The standard InChI is InChI=1S/C16H16BrNOS/c1-3-5-6-14(4-2)20-18-8-7-12-9-13(11-19)15(17)10-16(12)18/h3-10,19H,2,11H2,1H3/b5-3-,14-6+. The Labute approximate surface area is 131 Å². The van der Waals surface area contributed by atoms with Crippen LogP contribution in [0.1, 0.15) is 12.5 Å². The summed E-state index contributed by atoms with van der Waals surface area (Å²) in [5.41, 5.74) is 2.00. The third kappa shape index (κ3) is 3.26.